The van der Waals surface area contributed by atoms with Crippen molar-refractivity contribution in [3.63, 3.8) is 0 Å². The molecule has 0 aliphatic carbocycles. The summed E-state index contributed by atoms with van der Waals surface area (Å²) < 4.78 is 74.2. The molecule has 0 aromatic heterocycles. The number of hydrogen-bond donors (Lipinski definition) is 3. The number of nitrogens with zero attached hydrogens (tertiary/aromatic N) is 1. The van der Waals surface area contributed by atoms with E-state index in [1.165, 1.54) is 25.3 Å². The van der Waals surface area contributed by atoms with Gasteiger partial charge in [-0.1, -0.05) is 84.4 Å². The number of para-hydroxylation sites is 1. The van der Waals surface area contributed by atoms with Crippen LogP contribution in [0.15, 0.2) is 95.9 Å². The maximum absolute atomic E-state index is 14.3. The first-order chi connectivity index (χ1) is 20.6. The van der Waals surface area contributed by atoms with Crippen LogP contribution in [0.5, 0.6) is 5.75 Å². The number of carboxylic acids is 1. The molecule has 0 atom stereocenters. The SMILES string of the molecule is COc1ccccc1S(=O)(=O)N(Cc1ccc(-c2cccc(CC(=O)O)c2)cc1)Cc1ccc(C(F)(F)P(=O)(O)O)c(Cl)c1. The number of carbonyl (C=O) groups is 1. The van der Waals surface area contributed by atoms with Gasteiger partial charge in [0, 0.05) is 13.1 Å². The minimum absolute atomic E-state index is 0.0868. The molecule has 4 aromatic rings. The summed E-state index contributed by atoms with van der Waals surface area (Å²) in [5.41, 5.74) is -2.70. The molecular formula is C30H27ClF2NO8PS. The van der Waals surface area contributed by atoms with E-state index in [1.807, 2.05) is 6.07 Å². The van der Waals surface area contributed by atoms with Crippen LogP contribution in [-0.2, 0) is 44.6 Å². The Morgan fingerprint density at radius 2 is 1.52 bits per heavy atom. The third kappa shape index (κ3) is 7.35. The van der Waals surface area contributed by atoms with E-state index < -0.39 is 39.8 Å². The van der Waals surface area contributed by atoms with Gasteiger partial charge in [0.1, 0.15) is 10.6 Å². The highest BCUT2D eigenvalue weighted by atomic mass is 35.5. The fourth-order valence-electron chi connectivity index (χ4n) is 4.50. The number of rotatable bonds is 12. The van der Waals surface area contributed by atoms with Crippen LogP contribution >= 0.6 is 19.2 Å². The molecule has 4 rings (SSSR count). The zero-order valence-electron chi connectivity index (χ0n) is 23.1. The van der Waals surface area contributed by atoms with E-state index in [0.717, 1.165) is 33.6 Å². The molecule has 3 N–H and O–H groups in total. The van der Waals surface area contributed by atoms with Crippen molar-refractivity contribution in [2.75, 3.05) is 7.11 Å². The Labute approximate surface area is 257 Å². The Kier molecular flexibility index (Phi) is 9.94. The molecule has 44 heavy (non-hydrogen) atoms. The molecule has 0 aliphatic heterocycles. The summed E-state index contributed by atoms with van der Waals surface area (Å²) in [5, 5.41) is 8.46. The first kappa shape index (κ1) is 33.3. The molecular weight excluding hydrogens is 639 g/mol. The van der Waals surface area contributed by atoms with Gasteiger partial charge in [-0.3, -0.25) is 9.36 Å². The number of sulfonamides is 1. The Morgan fingerprint density at radius 1 is 0.886 bits per heavy atom. The number of alkyl halides is 2. The average molecular weight is 666 g/mol. The van der Waals surface area contributed by atoms with E-state index in [-0.39, 0.29) is 35.7 Å². The first-order valence-corrected chi connectivity index (χ1v) is 16.3. The molecule has 0 radical (unpaired) electrons. The van der Waals surface area contributed by atoms with Crippen LogP contribution in [0.3, 0.4) is 0 Å². The van der Waals surface area contributed by atoms with E-state index in [1.54, 1.807) is 48.5 Å². The van der Waals surface area contributed by atoms with Crippen LogP contribution < -0.4 is 4.74 Å². The summed E-state index contributed by atoms with van der Waals surface area (Å²) in [6.45, 7) is -0.488. The lowest BCUT2D eigenvalue weighted by Crippen LogP contribution is -2.30. The van der Waals surface area contributed by atoms with Crippen LogP contribution in [0.25, 0.3) is 11.1 Å². The first-order valence-electron chi connectivity index (χ1n) is 12.9. The van der Waals surface area contributed by atoms with E-state index >= 15 is 0 Å². The minimum atomic E-state index is -5.88. The number of halogens is 3. The topological polar surface area (TPSA) is 141 Å². The normalized spacial score (nSPS) is 12.3. The summed E-state index contributed by atoms with van der Waals surface area (Å²) in [6.07, 6.45) is -0.135. The van der Waals surface area contributed by atoms with Gasteiger partial charge < -0.3 is 19.6 Å². The largest absolute Gasteiger partial charge is 0.495 e. The molecule has 0 spiro atoms. The molecule has 0 unspecified atom stereocenters. The Hall–Kier alpha value is -3.64. The molecule has 0 fully saturated rings. The van der Waals surface area contributed by atoms with Crippen molar-refractivity contribution in [1.29, 1.82) is 0 Å². The van der Waals surface area contributed by atoms with Crippen molar-refractivity contribution in [2.45, 2.75) is 30.1 Å². The van der Waals surface area contributed by atoms with E-state index in [9.17, 15) is 26.6 Å². The van der Waals surface area contributed by atoms with Crippen LogP contribution in [-0.4, -0.2) is 40.7 Å². The Morgan fingerprint density at radius 3 is 2.14 bits per heavy atom. The second-order valence-corrected chi connectivity index (χ2v) is 13.8. The number of methoxy groups -OCH3 is 1. The molecule has 232 valence electrons. The van der Waals surface area contributed by atoms with Crippen molar-refractivity contribution in [3.8, 4) is 16.9 Å². The van der Waals surface area contributed by atoms with Crippen LogP contribution in [0.2, 0.25) is 5.02 Å². The van der Waals surface area contributed by atoms with Gasteiger partial charge in [-0.25, -0.2) is 8.42 Å². The quantitative estimate of drug-likeness (QED) is 0.151. The van der Waals surface area contributed by atoms with Crippen LogP contribution in [0.1, 0.15) is 22.3 Å². The Balaban J connectivity index is 1.69. The van der Waals surface area contributed by atoms with Gasteiger partial charge in [-0.2, -0.15) is 13.1 Å². The van der Waals surface area contributed by atoms with Gasteiger partial charge in [0.25, 0.3) is 0 Å². The summed E-state index contributed by atoms with van der Waals surface area (Å²) in [4.78, 5) is 29.2. The highest BCUT2D eigenvalue weighted by Crippen LogP contribution is 2.60. The molecule has 0 heterocycles. The molecule has 0 saturated heterocycles. The zero-order chi connectivity index (χ0) is 32.3. The highest BCUT2D eigenvalue weighted by molar-refractivity contribution is 7.89. The molecule has 0 saturated carbocycles. The smallest absolute Gasteiger partial charge is 0.399 e. The monoisotopic (exact) mass is 665 g/mol. The molecule has 0 bridgehead atoms. The number of ether oxygens (including phenoxy) is 1. The molecule has 0 aliphatic rings. The number of carboxylic acid groups (broad SMARTS) is 1. The fraction of sp³-hybridized carbons (Fsp3) is 0.167. The van der Waals surface area contributed by atoms with Crippen molar-refractivity contribution in [3.05, 3.63) is 118 Å². The predicted molar refractivity (Wildman–Crippen MR) is 160 cm³/mol. The van der Waals surface area contributed by atoms with Crippen LogP contribution in [0, 0.1) is 0 Å². The van der Waals surface area contributed by atoms with Gasteiger partial charge in [0.2, 0.25) is 10.0 Å². The van der Waals surface area contributed by atoms with Crippen molar-refractivity contribution < 1.29 is 46.2 Å². The lowest BCUT2D eigenvalue weighted by atomic mass is 10.0. The van der Waals surface area contributed by atoms with Gasteiger partial charge in [-0.15, -0.1) is 0 Å². The highest BCUT2D eigenvalue weighted by Gasteiger charge is 2.51. The minimum Gasteiger partial charge on any atom is -0.495 e. The summed E-state index contributed by atoms with van der Waals surface area (Å²) >= 11 is 6.01. The van der Waals surface area contributed by atoms with Gasteiger partial charge in [-0.05, 0) is 46.0 Å². The fourth-order valence-corrected chi connectivity index (χ4v) is 6.97. The van der Waals surface area contributed by atoms with Crippen molar-refractivity contribution in [1.82, 2.24) is 4.31 Å². The zero-order valence-corrected chi connectivity index (χ0v) is 25.6. The lowest BCUT2D eigenvalue weighted by molar-refractivity contribution is -0.136. The van der Waals surface area contributed by atoms with Gasteiger partial charge in [0.05, 0.1) is 24.1 Å². The van der Waals surface area contributed by atoms with E-state index in [0.29, 0.717) is 11.1 Å². The summed E-state index contributed by atoms with van der Waals surface area (Å²) in [6, 6.07) is 22.9. The molecule has 14 heteroatoms. The lowest BCUT2D eigenvalue weighted by Gasteiger charge is -2.24. The summed E-state index contributed by atoms with van der Waals surface area (Å²) in [5.74, 6) is -0.871. The number of aliphatic carboxylic acids is 1. The van der Waals surface area contributed by atoms with E-state index in [4.69, 9.17) is 31.2 Å². The van der Waals surface area contributed by atoms with E-state index in [2.05, 4.69) is 0 Å². The van der Waals surface area contributed by atoms with Gasteiger partial charge >= 0.3 is 19.2 Å². The van der Waals surface area contributed by atoms with Crippen molar-refractivity contribution >= 4 is 35.2 Å². The number of hydrogen-bond acceptors (Lipinski definition) is 5. The Bertz CT molecular complexity index is 1830. The standard InChI is InChI=1S/C30H27ClF2NO8PS/c1-42-27-7-2-3-8-28(27)44(40,41)34(19-22-11-14-25(26(31)16-22)30(32,33)43(37,38)39)18-20-9-12-23(13-10-20)24-6-4-5-21(15-24)17-29(35)36/h2-16H,17-19H2,1H3,(H,35,36)(H2,37,38,39). The molecule has 4 aromatic carbocycles. The maximum atomic E-state index is 14.3. The van der Waals surface area contributed by atoms with Gasteiger partial charge in [0.15, 0.2) is 0 Å². The second kappa shape index (κ2) is 13.2. The van der Waals surface area contributed by atoms with Crippen molar-refractivity contribution in [2.24, 2.45) is 0 Å². The third-order valence-electron chi connectivity index (χ3n) is 6.70. The molecule has 9 nitrogen and oxygen atoms in total. The third-order valence-corrected chi connectivity index (χ3v) is 9.81. The second-order valence-electron chi connectivity index (χ2n) is 9.79. The molecule has 0 amide bonds. The average Bonchev–Trinajstić information content (AvgIpc) is 2.96. The maximum Gasteiger partial charge on any atom is 0.399 e. The summed E-state index contributed by atoms with van der Waals surface area (Å²) in [7, 11) is -8.82. The number of benzene rings is 4. The van der Waals surface area contributed by atoms with Crippen LogP contribution in [0.4, 0.5) is 8.78 Å². The predicted octanol–water partition coefficient (Wildman–Crippen LogP) is 6.26.